The highest BCUT2D eigenvalue weighted by atomic mass is 32.3. The van der Waals surface area contributed by atoms with Gasteiger partial charge in [0, 0.05) is 0 Å². The first-order valence-electron chi connectivity index (χ1n) is 2.34. The van der Waals surface area contributed by atoms with Crippen molar-refractivity contribution in [1.29, 1.82) is 0 Å². The van der Waals surface area contributed by atoms with Crippen LogP contribution in [0, 0.1) is 0 Å². The fourth-order valence-corrected chi connectivity index (χ4v) is 1.86. The topological polar surface area (TPSA) is 166 Å². The molecule has 0 radical (unpaired) electrons. The minimum Gasteiger partial charge on any atom is -0.477 e. The number of hydrogen-bond donors (Lipinski definition) is 4. The lowest BCUT2D eigenvalue weighted by Crippen LogP contribution is -2.52. The van der Waals surface area contributed by atoms with E-state index in [1.165, 1.54) is 0 Å². The van der Waals surface area contributed by atoms with Crippen LogP contribution < -0.4 is 0 Å². The Morgan fingerprint density at radius 1 is 1.00 bits per heavy atom. The second-order valence-corrected chi connectivity index (χ2v) is 5.18. The molecule has 0 heterocycles. The maximum absolute atomic E-state index is 10.1. The van der Waals surface area contributed by atoms with Gasteiger partial charge in [-0.15, -0.1) is 0 Å². The molecule has 4 N–H and O–H groups in total. The van der Waals surface area contributed by atoms with Gasteiger partial charge in [0.05, 0.1) is 0 Å². The SMILES string of the molecule is O=C(O)C(O)(S(=O)(=O)O)S(=O)(=O)O. The van der Waals surface area contributed by atoms with Gasteiger partial charge in [-0.1, -0.05) is 0 Å². The molecule has 11 heteroatoms. The fourth-order valence-electron chi connectivity index (χ4n) is 0.354. The molecule has 0 rings (SSSR count). The fraction of sp³-hybridized carbons (Fsp3) is 0.500. The number of carbonyl (C=O) groups is 1. The molecule has 0 atom stereocenters. The number of carboxylic acid groups (broad SMARTS) is 1. The van der Waals surface area contributed by atoms with Crippen LogP contribution in [0.5, 0.6) is 0 Å². The molecule has 0 aliphatic carbocycles. The first-order valence-corrected chi connectivity index (χ1v) is 5.22. The van der Waals surface area contributed by atoms with E-state index in [1.54, 1.807) is 0 Å². The number of aliphatic carboxylic acids is 1. The van der Waals surface area contributed by atoms with Gasteiger partial charge in [-0.2, -0.15) is 16.8 Å². The van der Waals surface area contributed by atoms with Crippen LogP contribution >= 0.6 is 0 Å². The van der Waals surface area contributed by atoms with Crippen molar-refractivity contribution in [2.45, 2.75) is 4.27 Å². The second-order valence-electron chi connectivity index (χ2n) is 1.84. The third kappa shape index (κ3) is 1.78. The normalized spacial score (nSPS) is 14.1. The molecule has 0 spiro atoms. The molecule has 0 aromatic heterocycles. The van der Waals surface area contributed by atoms with Gasteiger partial charge in [0.2, 0.25) is 0 Å². The van der Waals surface area contributed by atoms with E-state index in [1.807, 2.05) is 0 Å². The van der Waals surface area contributed by atoms with Crippen molar-refractivity contribution in [1.82, 2.24) is 0 Å². The first-order chi connectivity index (χ1) is 5.44. The van der Waals surface area contributed by atoms with Crippen LogP contribution in [0.15, 0.2) is 0 Å². The molecule has 0 aromatic rings. The Bertz CT molecular complexity index is 379. The van der Waals surface area contributed by atoms with Crippen LogP contribution in [-0.4, -0.2) is 46.4 Å². The predicted octanol–water partition coefficient (Wildman–Crippen LogP) is -2.51. The summed E-state index contributed by atoms with van der Waals surface area (Å²) in [6.45, 7) is 0. The van der Waals surface area contributed by atoms with E-state index in [0.717, 1.165) is 0 Å². The first kappa shape index (κ1) is 12.2. The van der Waals surface area contributed by atoms with Crippen LogP contribution in [0.3, 0.4) is 0 Å². The molecule has 0 unspecified atom stereocenters. The zero-order valence-corrected chi connectivity index (χ0v) is 7.28. The van der Waals surface area contributed by atoms with E-state index >= 15 is 0 Å². The van der Waals surface area contributed by atoms with E-state index < -0.39 is 30.5 Å². The van der Waals surface area contributed by atoms with E-state index in [0.29, 0.717) is 0 Å². The Morgan fingerprint density at radius 3 is 1.23 bits per heavy atom. The highest BCUT2D eigenvalue weighted by molar-refractivity contribution is 8.06. The monoisotopic (exact) mass is 236 g/mol. The average Bonchev–Trinajstić information content (AvgIpc) is 1.80. The molecule has 13 heavy (non-hydrogen) atoms. The molecule has 78 valence electrons. The van der Waals surface area contributed by atoms with Crippen molar-refractivity contribution in [3.63, 3.8) is 0 Å². The van der Waals surface area contributed by atoms with Gasteiger partial charge in [-0.3, -0.25) is 9.11 Å². The van der Waals surface area contributed by atoms with Crippen molar-refractivity contribution >= 4 is 26.2 Å². The van der Waals surface area contributed by atoms with Crippen LogP contribution in [0.25, 0.3) is 0 Å². The third-order valence-electron chi connectivity index (χ3n) is 0.970. The summed E-state index contributed by atoms with van der Waals surface area (Å²) in [5.41, 5.74) is 0. The minimum absolute atomic E-state index is 2.84. The van der Waals surface area contributed by atoms with Gasteiger partial charge in [0.1, 0.15) is 0 Å². The van der Waals surface area contributed by atoms with E-state index in [4.69, 9.17) is 19.3 Å². The van der Waals surface area contributed by atoms with Crippen LogP contribution in [0.2, 0.25) is 0 Å². The van der Waals surface area contributed by atoms with E-state index in [2.05, 4.69) is 0 Å². The Morgan fingerprint density at radius 2 is 1.23 bits per heavy atom. The molecule has 0 saturated heterocycles. The van der Waals surface area contributed by atoms with Gasteiger partial charge >= 0.3 is 30.5 Å². The van der Waals surface area contributed by atoms with Crippen LogP contribution in [-0.2, 0) is 25.0 Å². The lowest BCUT2D eigenvalue weighted by Gasteiger charge is -2.15. The molecular weight excluding hydrogens is 232 g/mol. The molecule has 9 nitrogen and oxygen atoms in total. The van der Waals surface area contributed by atoms with Crippen molar-refractivity contribution in [2.75, 3.05) is 0 Å². The molecule has 0 amide bonds. The van der Waals surface area contributed by atoms with Crippen LogP contribution in [0.4, 0.5) is 0 Å². The molecule has 0 saturated carbocycles. The summed E-state index contributed by atoms with van der Waals surface area (Å²) in [5.74, 6) is -2.84. The number of hydrogen-bond acceptors (Lipinski definition) is 6. The van der Waals surface area contributed by atoms with Crippen molar-refractivity contribution < 1.29 is 40.9 Å². The molecule has 0 aliphatic heterocycles. The lowest BCUT2D eigenvalue weighted by atomic mass is 10.7. The van der Waals surface area contributed by atoms with Gasteiger partial charge in [-0.05, 0) is 0 Å². The minimum atomic E-state index is -5.90. The van der Waals surface area contributed by atoms with Gasteiger partial charge < -0.3 is 10.2 Å². The average molecular weight is 236 g/mol. The maximum Gasteiger partial charge on any atom is 0.415 e. The van der Waals surface area contributed by atoms with Gasteiger partial charge in [0.15, 0.2) is 0 Å². The lowest BCUT2D eigenvalue weighted by molar-refractivity contribution is -0.145. The molecule has 0 aliphatic rings. The quantitative estimate of drug-likeness (QED) is 0.387. The van der Waals surface area contributed by atoms with Gasteiger partial charge in [0.25, 0.3) is 0 Å². The second kappa shape index (κ2) is 2.88. The summed E-state index contributed by atoms with van der Waals surface area (Å²) in [6.07, 6.45) is 0. The van der Waals surface area contributed by atoms with Crippen LogP contribution in [0.1, 0.15) is 0 Å². The highest BCUT2D eigenvalue weighted by Crippen LogP contribution is 2.19. The smallest absolute Gasteiger partial charge is 0.415 e. The highest BCUT2D eigenvalue weighted by Gasteiger charge is 2.61. The summed E-state index contributed by atoms with van der Waals surface area (Å²) in [4.78, 5) is 9.99. The Hall–Kier alpha value is -0.750. The largest absolute Gasteiger partial charge is 0.477 e. The summed E-state index contributed by atoms with van der Waals surface area (Å²) in [6, 6.07) is 0. The van der Waals surface area contributed by atoms with Crippen molar-refractivity contribution in [3.8, 4) is 0 Å². The van der Waals surface area contributed by atoms with E-state index in [-0.39, 0.29) is 0 Å². The predicted molar refractivity (Wildman–Crippen MR) is 35.7 cm³/mol. The standard InChI is InChI=1S/C2H4O9S2/c3-1(4)2(5,12(6,7)8)13(9,10)11/h5H,(H,3,4)(H,6,7,8)(H,9,10,11). The Labute approximate surface area is 72.1 Å². The Kier molecular flexibility index (Phi) is 2.72. The molecule has 0 bridgehead atoms. The van der Waals surface area contributed by atoms with E-state index in [9.17, 15) is 21.6 Å². The number of rotatable bonds is 3. The number of carboxylic acids is 1. The number of aliphatic hydroxyl groups is 1. The zero-order chi connectivity index (χ0) is 11.1. The summed E-state index contributed by atoms with van der Waals surface area (Å²) >= 11 is 0. The van der Waals surface area contributed by atoms with Gasteiger partial charge in [-0.25, -0.2) is 4.79 Å². The molecule has 0 aromatic carbocycles. The maximum atomic E-state index is 10.1. The zero-order valence-electron chi connectivity index (χ0n) is 5.65. The Balaban J connectivity index is 5.96. The summed E-state index contributed by atoms with van der Waals surface area (Å²) in [5, 5.41) is 16.5. The molecular formula is C2H4O9S2. The van der Waals surface area contributed by atoms with Crippen molar-refractivity contribution in [3.05, 3.63) is 0 Å². The summed E-state index contributed by atoms with van der Waals surface area (Å²) in [7, 11) is -11.8. The van der Waals surface area contributed by atoms with Crippen molar-refractivity contribution in [2.24, 2.45) is 0 Å². The third-order valence-corrected chi connectivity index (χ3v) is 3.98. The molecule has 0 fully saturated rings. The summed E-state index contributed by atoms with van der Waals surface area (Å²) < 4.78 is 51.9.